The third kappa shape index (κ3) is 2.48. The first-order chi connectivity index (χ1) is 9.69. The highest BCUT2D eigenvalue weighted by Crippen LogP contribution is 2.53. The zero-order valence-corrected chi connectivity index (χ0v) is 14.7. The maximum atomic E-state index is 4.52. The van der Waals surface area contributed by atoms with Gasteiger partial charge in [-0.05, 0) is 93.7 Å². The third-order valence-electron chi connectivity index (χ3n) is 5.62. The summed E-state index contributed by atoms with van der Waals surface area (Å²) in [5.41, 5.74) is 1.13. The van der Waals surface area contributed by atoms with Crippen LogP contribution in [0.5, 0.6) is 0 Å². The fourth-order valence-corrected chi connectivity index (χ4v) is 6.17. The average Bonchev–Trinajstić information content (AvgIpc) is 2.39. The second-order valence-electron chi connectivity index (χ2n) is 6.92. The highest BCUT2D eigenvalue weighted by molar-refractivity contribution is 9.11. The summed E-state index contributed by atoms with van der Waals surface area (Å²) < 4.78 is 2.13. The number of halogens is 2. The topological polar surface area (TPSA) is 24.9 Å². The zero-order valence-electron chi connectivity index (χ0n) is 11.5. The van der Waals surface area contributed by atoms with E-state index in [2.05, 4.69) is 48.2 Å². The van der Waals surface area contributed by atoms with E-state index < -0.39 is 0 Å². The quantitative estimate of drug-likeness (QED) is 0.807. The van der Waals surface area contributed by atoms with Crippen LogP contribution in [0.15, 0.2) is 21.2 Å². The van der Waals surface area contributed by atoms with Gasteiger partial charge in [0.2, 0.25) is 0 Å². The molecule has 1 aromatic rings. The van der Waals surface area contributed by atoms with Crippen molar-refractivity contribution in [1.29, 1.82) is 0 Å². The van der Waals surface area contributed by atoms with Gasteiger partial charge in [-0.3, -0.25) is 4.98 Å². The molecular weight excluding hydrogens is 380 g/mol. The summed E-state index contributed by atoms with van der Waals surface area (Å²) in [6.45, 7) is 0.890. The monoisotopic (exact) mass is 398 g/mol. The Morgan fingerprint density at radius 2 is 1.70 bits per heavy atom. The van der Waals surface area contributed by atoms with E-state index in [1.165, 1.54) is 32.1 Å². The van der Waals surface area contributed by atoms with Gasteiger partial charge >= 0.3 is 0 Å². The summed E-state index contributed by atoms with van der Waals surface area (Å²) in [4.78, 5) is 4.52. The van der Waals surface area contributed by atoms with Gasteiger partial charge in [0.15, 0.2) is 0 Å². The summed E-state index contributed by atoms with van der Waals surface area (Å²) >= 11 is 7.08. The van der Waals surface area contributed by atoms with Crippen LogP contribution < -0.4 is 5.32 Å². The van der Waals surface area contributed by atoms with Gasteiger partial charge in [0, 0.05) is 27.7 Å². The van der Waals surface area contributed by atoms with Crippen LogP contribution in [-0.2, 0) is 6.54 Å². The van der Waals surface area contributed by atoms with Gasteiger partial charge in [-0.15, -0.1) is 0 Å². The SMILES string of the molecule is Brc1cnc(CNC2C3CC4CC(C3)CC2C4)c(Br)c1. The molecule has 1 aromatic heterocycles. The molecule has 1 N–H and O–H groups in total. The van der Waals surface area contributed by atoms with Crippen molar-refractivity contribution in [3.8, 4) is 0 Å². The van der Waals surface area contributed by atoms with Crippen molar-refractivity contribution in [3.05, 3.63) is 26.9 Å². The summed E-state index contributed by atoms with van der Waals surface area (Å²) in [6.07, 6.45) is 9.30. The minimum Gasteiger partial charge on any atom is -0.308 e. The Hall–Kier alpha value is 0.0700. The Morgan fingerprint density at radius 1 is 1.05 bits per heavy atom. The smallest absolute Gasteiger partial charge is 0.0684 e. The molecule has 108 valence electrons. The fourth-order valence-electron chi connectivity index (χ4n) is 5.05. The lowest BCUT2D eigenvalue weighted by atomic mass is 9.54. The van der Waals surface area contributed by atoms with Crippen LogP contribution in [0, 0.1) is 23.7 Å². The van der Waals surface area contributed by atoms with Crippen molar-refractivity contribution in [2.45, 2.75) is 44.7 Å². The maximum absolute atomic E-state index is 4.52. The van der Waals surface area contributed by atoms with Crippen molar-refractivity contribution in [3.63, 3.8) is 0 Å². The van der Waals surface area contributed by atoms with Gasteiger partial charge in [-0.1, -0.05) is 0 Å². The normalized spacial score (nSPS) is 38.4. The first kappa shape index (κ1) is 13.7. The number of nitrogens with zero attached hydrogens (tertiary/aromatic N) is 1. The van der Waals surface area contributed by atoms with Crippen molar-refractivity contribution in [2.24, 2.45) is 23.7 Å². The first-order valence-electron chi connectivity index (χ1n) is 7.72. The second-order valence-corrected chi connectivity index (χ2v) is 8.69. The lowest BCUT2D eigenvalue weighted by Gasteiger charge is -2.54. The molecule has 4 aliphatic rings. The van der Waals surface area contributed by atoms with Crippen molar-refractivity contribution in [1.82, 2.24) is 10.3 Å². The van der Waals surface area contributed by atoms with E-state index in [4.69, 9.17) is 0 Å². The predicted molar refractivity (Wildman–Crippen MR) is 87.3 cm³/mol. The number of rotatable bonds is 3. The van der Waals surface area contributed by atoms with E-state index in [1.807, 2.05) is 6.20 Å². The number of pyridine rings is 1. The van der Waals surface area contributed by atoms with Crippen molar-refractivity contribution >= 4 is 31.9 Å². The number of hydrogen-bond acceptors (Lipinski definition) is 2. The van der Waals surface area contributed by atoms with Crippen LogP contribution in [0.1, 0.15) is 37.8 Å². The summed E-state index contributed by atoms with van der Waals surface area (Å²) in [5.74, 6) is 3.96. The van der Waals surface area contributed by atoms with Gasteiger partial charge in [0.25, 0.3) is 0 Å². The molecule has 0 amide bonds. The van der Waals surface area contributed by atoms with Gasteiger partial charge < -0.3 is 5.32 Å². The highest BCUT2D eigenvalue weighted by Gasteiger charge is 2.47. The molecule has 0 atom stereocenters. The third-order valence-corrected chi connectivity index (χ3v) is 6.74. The van der Waals surface area contributed by atoms with Crippen molar-refractivity contribution < 1.29 is 0 Å². The molecule has 1 heterocycles. The van der Waals surface area contributed by atoms with Crippen LogP contribution in [-0.4, -0.2) is 11.0 Å². The highest BCUT2D eigenvalue weighted by atomic mass is 79.9. The van der Waals surface area contributed by atoms with Crippen LogP contribution in [0.2, 0.25) is 0 Å². The fraction of sp³-hybridized carbons (Fsp3) is 0.688. The largest absolute Gasteiger partial charge is 0.308 e. The lowest BCUT2D eigenvalue weighted by Crippen LogP contribution is -2.54. The molecule has 0 spiro atoms. The molecule has 5 rings (SSSR count). The molecule has 0 aromatic carbocycles. The first-order valence-corrected chi connectivity index (χ1v) is 9.31. The zero-order chi connectivity index (χ0) is 13.7. The standard InChI is InChI=1S/C16H20Br2N2/c17-13-6-14(18)15(19-7-13)8-20-16-11-2-9-1-10(4-11)5-12(16)3-9/h6-7,9-12,16,20H,1-5,8H2. The van der Waals surface area contributed by atoms with E-state index in [0.29, 0.717) is 0 Å². The second kappa shape index (κ2) is 5.36. The Bertz CT molecular complexity index is 489. The van der Waals surface area contributed by atoms with E-state index >= 15 is 0 Å². The Morgan fingerprint density at radius 3 is 2.30 bits per heavy atom. The molecule has 0 radical (unpaired) electrons. The van der Waals surface area contributed by atoms with Crippen LogP contribution in [0.4, 0.5) is 0 Å². The van der Waals surface area contributed by atoms with Gasteiger partial charge in [0.1, 0.15) is 0 Å². The van der Waals surface area contributed by atoms with E-state index in [1.54, 1.807) is 0 Å². The Balaban J connectivity index is 1.44. The molecular formula is C16H20Br2N2. The summed E-state index contributed by atoms with van der Waals surface area (Å²) in [6, 6.07) is 2.82. The molecule has 4 heteroatoms. The Kier molecular flexibility index (Phi) is 3.68. The number of aromatic nitrogens is 1. The molecule has 0 unspecified atom stereocenters. The molecule has 2 nitrogen and oxygen atoms in total. The molecule has 4 bridgehead atoms. The van der Waals surface area contributed by atoms with Crippen LogP contribution in [0.25, 0.3) is 0 Å². The lowest BCUT2D eigenvalue weighted by molar-refractivity contribution is -0.0143. The molecule has 0 saturated heterocycles. The van der Waals surface area contributed by atoms with E-state index in [-0.39, 0.29) is 0 Å². The van der Waals surface area contributed by atoms with E-state index in [9.17, 15) is 0 Å². The molecule has 0 aliphatic heterocycles. The summed E-state index contributed by atoms with van der Waals surface area (Å²) in [5, 5.41) is 3.83. The number of nitrogens with one attached hydrogen (secondary N) is 1. The van der Waals surface area contributed by atoms with E-state index in [0.717, 1.165) is 50.9 Å². The minimum absolute atomic E-state index is 0.736. The molecule has 20 heavy (non-hydrogen) atoms. The van der Waals surface area contributed by atoms with Gasteiger partial charge in [-0.25, -0.2) is 0 Å². The van der Waals surface area contributed by atoms with Gasteiger partial charge in [-0.2, -0.15) is 0 Å². The summed E-state index contributed by atoms with van der Waals surface area (Å²) in [7, 11) is 0. The molecule has 4 aliphatic carbocycles. The van der Waals surface area contributed by atoms with Crippen LogP contribution in [0.3, 0.4) is 0 Å². The van der Waals surface area contributed by atoms with Crippen molar-refractivity contribution in [2.75, 3.05) is 0 Å². The predicted octanol–water partition coefficient (Wildman–Crippen LogP) is 4.52. The number of hydrogen-bond donors (Lipinski definition) is 1. The minimum atomic E-state index is 0.736. The maximum Gasteiger partial charge on any atom is 0.0684 e. The van der Waals surface area contributed by atoms with Crippen LogP contribution >= 0.6 is 31.9 Å². The molecule has 4 saturated carbocycles. The van der Waals surface area contributed by atoms with Gasteiger partial charge in [0.05, 0.1) is 5.69 Å². The molecule has 4 fully saturated rings. The average molecular weight is 400 g/mol. The Labute approximate surface area is 137 Å².